The van der Waals surface area contributed by atoms with Crippen molar-refractivity contribution >= 4 is 12.0 Å². The van der Waals surface area contributed by atoms with Crippen LogP contribution >= 0.6 is 0 Å². The maximum Gasteiger partial charge on any atom is 0.317 e. The van der Waals surface area contributed by atoms with Gasteiger partial charge in [-0.25, -0.2) is 14.8 Å². The highest BCUT2D eigenvalue weighted by molar-refractivity contribution is 5.75. The quantitative estimate of drug-likeness (QED) is 0.912. The summed E-state index contributed by atoms with van der Waals surface area (Å²) in [6, 6.07) is 7.60. The first-order valence-corrected chi connectivity index (χ1v) is 8.80. The lowest BCUT2D eigenvalue weighted by molar-refractivity contribution is 0.190. The van der Waals surface area contributed by atoms with E-state index in [4.69, 9.17) is 4.74 Å². The number of nitrogens with zero attached hydrogens (tertiary/aromatic N) is 4. The SMILES string of the molecule is COc1ccc(C)cc1C(C)NC(=O)N1CCN(c2ncccn2)CC1. The molecule has 0 spiro atoms. The summed E-state index contributed by atoms with van der Waals surface area (Å²) < 4.78 is 5.43. The van der Waals surface area contributed by atoms with Crippen molar-refractivity contribution in [2.45, 2.75) is 19.9 Å². The minimum Gasteiger partial charge on any atom is -0.496 e. The van der Waals surface area contributed by atoms with E-state index < -0.39 is 0 Å². The Balaban J connectivity index is 1.58. The third-order valence-corrected chi connectivity index (χ3v) is 4.59. The molecule has 1 aromatic heterocycles. The minimum atomic E-state index is -0.132. The number of amides is 2. The van der Waals surface area contributed by atoms with Crippen LogP contribution in [0.2, 0.25) is 0 Å². The van der Waals surface area contributed by atoms with Gasteiger partial charge in [0, 0.05) is 44.1 Å². The summed E-state index contributed by atoms with van der Waals surface area (Å²) >= 11 is 0. The summed E-state index contributed by atoms with van der Waals surface area (Å²) in [4.78, 5) is 25.1. The Kier molecular flexibility index (Phi) is 5.55. The highest BCUT2D eigenvalue weighted by atomic mass is 16.5. The molecule has 2 amide bonds. The van der Waals surface area contributed by atoms with Gasteiger partial charge in [-0.1, -0.05) is 17.7 Å². The predicted molar refractivity (Wildman–Crippen MR) is 100 cm³/mol. The Morgan fingerprint density at radius 1 is 1.19 bits per heavy atom. The van der Waals surface area contributed by atoms with E-state index in [9.17, 15) is 4.79 Å². The first kappa shape index (κ1) is 18.0. The number of urea groups is 1. The summed E-state index contributed by atoms with van der Waals surface area (Å²) in [5, 5.41) is 3.08. The van der Waals surface area contributed by atoms with Crippen molar-refractivity contribution in [1.82, 2.24) is 20.2 Å². The fraction of sp³-hybridized carbons (Fsp3) is 0.421. The van der Waals surface area contributed by atoms with Gasteiger partial charge >= 0.3 is 6.03 Å². The number of carbonyl (C=O) groups excluding carboxylic acids is 1. The molecule has 0 saturated carbocycles. The average Bonchev–Trinajstić information content (AvgIpc) is 2.68. The summed E-state index contributed by atoms with van der Waals surface area (Å²) in [6.45, 7) is 6.73. The fourth-order valence-electron chi connectivity index (χ4n) is 3.11. The van der Waals surface area contributed by atoms with Crippen LogP contribution in [-0.2, 0) is 0 Å². The van der Waals surface area contributed by atoms with E-state index >= 15 is 0 Å². The van der Waals surface area contributed by atoms with Crippen molar-refractivity contribution in [2.24, 2.45) is 0 Å². The van der Waals surface area contributed by atoms with Crippen molar-refractivity contribution in [3.05, 3.63) is 47.8 Å². The van der Waals surface area contributed by atoms with Crippen molar-refractivity contribution in [3.63, 3.8) is 0 Å². The van der Waals surface area contributed by atoms with Gasteiger partial charge < -0.3 is 19.9 Å². The molecule has 26 heavy (non-hydrogen) atoms. The number of aryl methyl sites for hydroxylation is 1. The normalized spacial score (nSPS) is 15.5. The molecule has 2 aromatic rings. The first-order valence-electron chi connectivity index (χ1n) is 8.80. The molecule has 7 heteroatoms. The van der Waals surface area contributed by atoms with Gasteiger partial charge in [0.15, 0.2) is 0 Å². The van der Waals surface area contributed by atoms with Gasteiger partial charge in [-0.3, -0.25) is 0 Å². The zero-order valence-corrected chi connectivity index (χ0v) is 15.5. The van der Waals surface area contributed by atoms with E-state index in [2.05, 4.69) is 26.3 Å². The number of carbonyl (C=O) groups is 1. The smallest absolute Gasteiger partial charge is 0.317 e. The van der Waals surface area contributed by atoms with Crippen LogP contribution in [0.5, 0.6) is 5.75 Å². The number of hydrogen-bond acceptors (Lipinski definition) is 5. The number of ether oxygens (including phenoxy) is 1. The summed E-state index contributed by atoms with van der Waals surface area (Å²) in [6.07, 6.45) is 3.47. The van der Waals surface area contributed by atoms with Crippen molar-refractivity contribution in [1.29, 1.82) is 0 Å². The van der Waals surface area contributed by atoms with Crippen LogP contribution in [0.25, 0.3) is 0 Å². The third kappa shape index (κ3) is 4.04. The van der Waals surface area contributed by atoms with Crippen molar-refractivity contribution < 1.29 is 9.53 Å². The average molecular weight is 355 g/mol. The van der Waals surface area contributed by atoms with Crippen LogP contribution in [0.15, 0.2) is 36.7 Å². The molecule has 1 aliphatic rings. The largest absolute Gasteiger partial charge is 0.496 e. The lowest BCUT2D eigenvalue weighted by Gasteiger charge is -2.35. The van der Waals surface area contributed by atoms with E-state index in [1.165, 1.54) is 0 Å². The second-order valence-corrected chi connectivity index (χ2v) is 6.44. The molecular weight excluding hydrogens is 330 g/mol. The van der Waals surface area contributed by atoms with Crippen LogP contribution < -0.4 is 15.0 Å². The summed E-state index contributed by atoms with van der Waals surface area (Å²) in [5.74, 6) is 1.50. The lowest BCUT2D eigenvalue weighted by Crippen LogP contribution is -2.52. The molecule has 1 unspecified atom stereocenters. The van der Waals surface area contributed by atoms with Crippen molar-refractivity contribution in [3.8, 4) is 5.75 Å². The molecule has 1 N–H and O–H groups in total. The Hall–Kier alpha value is -2.83. The number of nitrogens with one attached hydrogen (secondary N) is 1. The van der Waals surface area contributed by atoms with Gasteiger partial charge in [-0.2, -0.15) is 0 Å². The van der Waals surface area contributed by atoms with E-state index in [-0.39, 0.29) is 12.1 Å². The second kappa shape index (κ2) is 8.03. The van der Waals surface area contributed by atoms with Crippen molar-refractivity contribution in [2.75, 3.05) is 38.2 Å². The zero-order chi connectivity index (χ0) is 18.5. The van der Waals surface area contributed by atoms with Gasteiger partial charge in [-0.15, -0.1) is 0 Å². The van der Waals surface area contributed by atoms with Gasteiger partial charge in [-0.05, 0) is 26.0 Å². The lowest BCUT2D eigenvalue weighted by atomic mass is 10.0. The highest BCUT2D eigenvalue weighted by Gasteiger charge is 2.24. The number of benzene rings is 1. The number of anilines is 1. The van der Waals surface area contributed by atoms with Crippen LogP contribution in [0.4, 0.5) is 10.7 Å². The molecule has 7 nitrogen and oxygen atoms in total. The van der Waals surface area contributed by atoms with Gasteiger partial charge in [0.05, 0.1) is 13.2 Å². The molecule has 1 aliphatic heterocycles. The van der Waals surface area contributed by atoms with Crippen LogP contribution in [0.3, 0.4) is 0 Å². The van der Waals surface area contributed by atoms with Gasteiger partial charge in [0.25, 0.3) is 0 Å². The molecule has 2 heterocycles. The highest BCUT2D eigenvalue weighted by Crippen LogP contribution is 2.26. The van der Waals surface area contributed by atoms with Crippen LogP contribution in [0, 0.1) is 6.92 Å². The molecule has 1 atom stereocenters. The van der Waals surface area contributed by atoms with Gasteiger partial charge in [0.2, 0.25) is 5.95 Å². The maximum atomic E-state index is 12.6. The van der Waals surface area contributed by atoms with E-state index in [0.717, 1.165) is 30.0 Å². The molecule has 0 aliphatic carbocycles. The molecule has 0 radical (unpaired) electrons. The number of hydrogen-bond donors (Lipinski definition) is 1. The van der Waals surface area contributed by atoms with E-state index in [0.29, 0.717) is 19.0 Å². The number of piperazine rings is 1. The standard InChI is InChI=1S/C19H25N5O2/c1-14-5-6-17(26-3)16(13-14)15(2)22-19(25)24-11-9-23(10-12-24)18-20-7-4-8-21-18/h4-8,13,15H,9-12H2,1-3H3,(H,22,25). The zero-order valence-electron chi connectivity index (χ0n) is 15.5. The Morgan fingerprint density at radius 2 is 1.88 bits per heavy atom. The Labute approximate surface area is 154 Å². The molecule has 0 bridgehead atoms. The Bertz CT molecular complexity index is 745. The van der Waals surface area contributed by atoms with E-state index in [1.54, 1.807) is 25.6 Å². The summed E-state index contributed by atoms with van der Waals surface area (Å²) in [7, 11) is 1.65. The monoisotopic (exact) mass is 355 g/mol. The van der Waals surface area contributed by atoms with E-state index in [1.807, 2.05) is 30.9 Å². The maximum absolute atomic E-state index is 12.6. The molecule has 1 aromatic carbocycles. The number of methoxy groups -OCH3 is 1. The number of aromatic nitrogens is 2. The Morgan fingerprint density at radius 3 is 2.54 bits per heavy atom. The van der Waals surface area contributed by atoms with Gasteiger partial charge in [0.1, 0.15) is 5.75 Å². The van der Waals surface area contributed by atoms with Crippen LogP contribution in [0.1, 0.15) is 24.1 Å². The predicted octanol–water partition coefficient (Wildman–Crippen LogP) is 2.39. The molecular formula is C19H25N5O2. The molecule has 1 saturated heterocycles. The molecule has 1 fully saturated rings. The second-order valence-electron chi connectivity index (χ2n) is 6.44. The third-order valence-electron chi connectivity index (χ3n) is 4.59. The molecule has 138 valence electrons. The first-order chi connectivity index (χ1) is 12.6. The minimum absolute atomic E-state index is 0.0605. The molecule has 3 rings (SSSR count). The topological polar surface area (TPSA) is 70.6 Å². The summed E-state index contributed by atoms with van der Waals surface area (Å²) in [5.41, 5.74) is 2.12. The number of rotatable bonds is 4. The van der Waals surface area contributed by atoms with Crippen LogP contribution in [-0.4, -0.2) is 54.2 Å². The fourth-order valence-corrected chi connectivity index (χ4v) is 3.11.